The van der Waals surface area contributed by atoms with Crippen molar-refractivity contribution in [3.05, 3.63) is 192 Å². The maximum Gasteiger partial charge on any atom is 0.143 e. The number of furan rings is 2. The van der Waals surface area contributed by atoms with Crippen molar-refractivity contribution >= 4 is 67.6 Å². The van der Waals surface area contributed by atoms with E-state index < -0.39 is 0 Å². The summed E-state index contributed by atoms with van der Waals surface area (Å²) >= 11 is 0. The molecule has 2 aromatic heterocycles. The zero-order valence-corrected chi connectivity index (χ0v) is 30.3. The molecular weight excluding hydrogens is 647 g/mol. The minimum atomic E-state index is 0.603. The van der Waals surface area contributed by atoms with E-state index in [9.17, 15) is 0 Å². The Kier molecular flexibility index (Phi) is 9.23. The first-order valence-electron chi connectivity index (χ1n) is 18.1. The summed E-state index contributed by atoms with van der Waals surface area (Å²) in [7, 11) is 0. The highest BCUT2D eigenvalue weighted by Gasteiger charge is 2.15. The summed E-state index contributed by atoms with van der Waals surface area (Å²) < 4.78 is 12.7. The number of para-hydroxylation sites is 1. The van der Waals surface area contributed by atoms with Crippen LogP contribution >= 0.6 is 0 Å². The fourth-order valence-corrected chi connectivity index (χ4v) is 7.30. The average Bonchev–Trinajstić information content (AvgIpc) is 3.73. The lowest BCUT2D eigenvalue weighted by Gasteiger charge is -2.26. The first-order valence-corrected chi connectivity index (χ1v) is 18.1. The predicted molar refractivity (Wildman–Crippen MR) is 227 cm³/mol. The van der Waals surface area contributed by atoms with Gasteiger partial charge in [-0.3, -0.25) is 0 Å². The van der Waals surface area contributed by atoms with Crippen LogP contribution in [-0.2, 0) is 0 Å². The second-order valence-corrected chi connectivity index (χ2v) is 13.4. The van der Waals surface area contributed by atoms with Crippen molar-refractivity contribution in [1.82, 2.24) is 0 Å². The lowest BCUT2D eigenvalue weighted by molar-refractivity contribution is 0.601. The molecule has 3 nitrogen and oxygen atoms in total. The molecule has 0 aliphatic carbocycles. The molecule has 6 aromatic carbocycles. The van der Waals surface area contributed by atoms with E-state index in [1.807, 2.05) is 24.3 Å². The lowest BCUT2D eigenvalue weighted by atomic mass is 9.95. The standard InChI is InChI=1S/C50H41NO2/c1-5-7-19-39(31-36-26-29-49-46(32-36)45-28-27-37-17-8-9-22-44(37)50(45)53-49)51(30-14-25-47-35(4)42-21-10-11-24-48(42)52-47)40-20-13-18-38(33-40)43-23-12-16-34(3)41(43)15-6-2/h5-29,31-33H,1,30H2,2-4H3/b15-6-,19-7-,25-14-,39-31-. The van der Waals surface area contributed by atoms with Gasteiger partial charge in [-0.05, 0) is 109 Å². The third-order valence-electron chi connectivity index (χ3n) is 9.98. The Labute approximate surface area is 310 Å². The molecule has 8 aromatic rings. The van der Waals surface area contributed by atoms with Gasteiger partial charge in [-0.2, -0.15) is 0 Å². The van der Waals surface area contributed by atoms with Gasteiger partial charge in [0.25, 0.3) is 0 Å². The molecule has 0 atom stereocenters. The van der Waals surface area contributed by atoms with Crippen molar-refractivity contribution in [2.24, 2.45) is 0 Å². The molecule has 3 heteroatoms. The smallest absolute Gasteiger partial charge is 0.143 e. The summed E-state index contributed by atoms with van der Waals surface area (Å²) in [6.45, 7) is 11.0. The van der Waals surface area contributed by atoms with Gasteiger partial charge in [0.15, 0.2) is 0 Å². The molecule has 0 bridgehead atoms. The van der Waals surface area contributed by atoms with Crippen LogP contribution in [0.4, 0.5) is 5.69 Å². The van der Waals surface area contributed by atoms with Gasteiger partial charge in [0.2, 0.25) is 0 Å². The minimum absolute atomic E-state index is 0.603. The predicted octanol–water partition coefficient (Wildman–Crippen LogP) is 14.1. The van der Waals surface area contributed by atoms with Gasteiger partial charge >= 0.3 is 0 Å². The van der Waals surface area contributed by atoms with Crippen molar-refractivity contribution < 1.29 is 8.83 Å². The molecule has 53 heavy (non-hydrogen) atoms. The van der Waals surface area contributed by atoms with Gasteiger partial charge in [-0.1, -0.05) is 122 Å². The summed E-state index contributed by atoms with van der Waals surface area (Å²) in [6, 6.07) is 42.7. The van der Waals surface area contributed by atoms with Crippen molar-refractivity contribution in [2.45, 2.75) is 20.8 Å². The molecule has 0 saturated carbocycles. The average molecular weight is 688 g/mol. The van der Waals surface area contributed by atoms with Crippen LogP contribution in [0.1, 0.15) is 34.9 Å². The number of fused-ring (bicyclic) bond motifs is 6. The number of allylic oxidation sites excluding steroid dienone is 4. The maximum atomic E-state index is 6.44. The number of aryl methyl sites for hydroxylation is 2. The van der Waals surface area contributed by atoms with E-state index in [1.54, 1.807) is 0 Å². The Morgan fingerprint density at radius 1 is 0.717 bits per heavy atom. The Bertz CT molecular complexity index is 2760. The fourth-order valence-electron chi connectivity index (χ4n) is 7.30. The van der Waals surface area contributed by atoms with E-state index in [4.69, 9.17) is 8.83 Å². The summed E-state index contributed by atoms with van der Waals surface area (Å²) in [5.41, 5.74) is 11.8. The first-order chi connectivity index (χ1) is 26.0. The second-order valence-electron chi connectivity index (χ2n) is 13.4. The SMILES string of the molecule is C=C/C=C\C(=C\c1ccc2oc3c4ccccc4ccc3c2c1)N(C/C=C\c1oc2ccccc2c1C)c1cccc(-c2cccc(C)c2/C=C\C)c1. The molecule has 0 saturated heterocycles. The summed E-state index contributed by atoms with van der Waals surface area (Å²) in [6.07, 6.45) is 16.8. The highest BCUT2D eigenvalue weighted by atomic mass is 16.3. The molecule has 0 amide bonds. The van der Waals surface area contributed by atoms with E-state index >= 15 is 0 Å². The quantitative estimate of drug-likeness (QED) is 0.134. The van der Waals surface area contributed by atoms with Gasteiger partial charge in [-0.25, -0.2) is 0 Å². The summed E-state index contributed by atoms with van der Waals surface area (Å²) in [5.74, 6) is 0.868. The van der Waals surface area contributed by atoms with E-state index in [2.05, 4.69) is 178 Å². The summed E-state index contributed by atoms with van der Waals surface area (Å²) in [4.78, 5) is 2.34. The molecule has 0 radical (unpaired) electrons. The van der Waals surface area contributed by atoms with Crippen molar-refractivity contribution in [3.8, 4) is 11.1 Å². The third kappa shape index (κ3) is 6.54. The lowest BCUT2D eigenvalue weighted by Crippen LogP contribution is -2.21. The third-order valence-corrected chi connectivity index (χ3v) is 9.98. The van der Waals surface area contributed by atoms with Gasteiger partial charge in [0.1, 0.15) is 22.5 Å². The Hall–Kier alpha value is -6.58. The number of nitrogens with zero attached hydrogens (tertiary/aromatic N) is 1. The molecule has 258 valence electrons. The molecule has 0 aliphatic rings. The van der Waals surface area contributed by atoms with Crippen LogP contribution in [0.3, 0.4) is 0 Å². The normalized spacial score (nSPS) is 12.5. The molecule has 8 rings (SSSR count). The van der Waals surface area contributed by atoms with Crippen LogP contribution in [0, 0.1) is 13.8 Å². The van der Waals surface area contributed by atoms with E-state index in [-0.39, 0.29) is 0 Å². The zero-order chi connectivity index (χ0) is 36.3. The molecule has 0 fully saturated rings. The molecule has 0 spiro atoms. The number of rotatable bonds is 10. The highest BCUT2D eigenvalue weighted by Crippen LogP contribution is 2.36. The van der Waals surface area contributed by atoms with Crippen LogP contribution < -0.4 is 4.90 Å². The molecule has 2 heterocycles. The Morgan fingerprint density at radius 3 is 2.38 bits per heavy atom. The van der Waals surface area contributed by atoms with Crippen LogP contribution in [0.5, 0.6) is 0 Å². The van der Waals surface area contributed by atoms with Crippen LogP contribution in [0.2, 0.25) is 0 Å². The van der Waals surface area contributed by atoms with Gasteiger partial charge in [0, 0.05) is 45.0 Å². The Morgan fingerprint density at radius 2 is 1.53 bits per heavy atom. The van der Waals surface area contributed by atoms with Crippen molar-refractivity contribution in [3.63, 3.8) is 0 Å². The molecule has 0 aliphatic heterocycles. The highest BCUT2D eigenvalue weighted by molar-refractivity contribution is 6.15. The van der Waals surface area contributed by atoms with Gasteiger partial charge in [0.05, 0.1) is 0 Å². The number of hydrogen-bond donors (Lipinski definition) is 0. The maximum absolute atomic E-state index is 6.44. The molecule has 0 unspecified atom stereocenters. The Balaban J connectivity index is 1.25. The topological polar surface area (TPSA) is 29.5 Å². The number of hydrogen-bond acceptors (Lipinski definition) is 3. The number of anilines is 1. The van der Waals surface area contributed by atoms with E-state index in [0.29, 0.717) is 6.54 Å². The van der Waals surface area contributed by atoms with Crippen LogP contribution in [0.15, 0.2) is 173 Å². The van der Waals surface area contributed by atoms with Gasteiger partial charge < -0.3 is 13.7 Å². The largest absolute Gasteiger partial charge is 0.456 e. The minimum Gasteiger partial charge on any atom is -0.456 e. The fraction of sp³-hybridized carbons (Fsp3) is 0.0800. The van der Waals surface area contributed by atoms with Crippen molar-refractivity contribution in [1.29, 1.82) is 0 Å². The first kappa shape index (κ1) is 33.6. The van der Waals surface area contributed by atoms with E-state index in [1.165, 1.54) is 22.1 Å². The van der Waals surface area contributed by atoms with Crippen molar-refractivity contribution in [2.75, 3.05) is 11.4 Å². The molecular formula is C50H41NO2. The monoisotopic (exact) mass is 687 g/mol. The summed E-state index contributed by atoms with van der Waals surface area (Å²) in [5, 5.41) is 5.63. The molecule has 0 N–H and O–H groups in total. The van der Waals surface area contributed by atoms with E-state index in [0.717, 1.165) is 72.1 Å². The number of benzene rings is 6. The van der Waals surface area contributed by atoms with Crippen LogP contribution in [-0.4, -0.2) is 6.54 Å². The zero-order valence-electron chi connectivity index (χ0n) is 30.3. The van der Waals surface area contributed by atoms with Crippen LogP contribution in [0.25, 0.3) is 73.0 Å². The van der Waals surface area contributed by atoms with Gasteiger partial charge in [-0.15, -0.1) is 0 Å². The second kappa shape index (κ2) is 14.6.